The van der Waals surface area contributed by atoms with Crippen molar-refractivity contribution < 1.29 is 37.8 Å². The number of hydrogen-bond acceptors (Lipinski definition) is 11. The molecule has 1 aromatic carbocycles. The van der Waals surface area contributed by atoms with E-state index in [0.717, 1.165) is 17.6 Å². The van der Waals surface area contributed by atoms with Crippen LogP contribution < -0.4 is 0 Å². The lowest BCUT2D eigenvalue weighted by molar-refractivity contribution is -0.576. The zero-order chi connectivity index (χ0) is 23.6. The Morgan fingerprint density at radius 1 is 1.30 bits per heavy atom. The molecular weight excluding hydrogens is 481 g/mol. The molecule has 0 aliphatic carbocycles. The van der Waals surface area contributed by atoms with Crippen molar-refractivity contribution in [2.24, 2.45) is 0 Å². The maximum absolute atomic E-state index is 11.8. The number of nitrogens with zero attached hydrogens (tertiary/aromatic N) is 5. The summed E-state index contributed by atoms with van der Waals surface area (Å²) in [4.78, 5) is 41.5. The van der Waals surface area contributed by atoms with Crippen molar-refractivity contribution in [3.8, 4) is 0 Å². The standard InChI is InChI=1S/C17H18N5O9PS/c23-12-13(30-32(26,27)28)14(17(22(24)25)31-33-7-10-4-2-1-3-5-10)29-16(12)21-9-20-11-6-18-8-19-15(11)21/h1-6,8-9,12-14,16-17,23H,7H2,(H2,26,27,28)/t12-,13+,14+,16-,17?/m1/s1. The molecule has 0 spiro atoms. The Hall–Kier alpha value is -2.49. The Morgan fingerprint density at radius 3 is 2.76 bits per heavy atom. The fourth-order valence-corrected chi connectivity index (χ4v) is 4.62. The lowest BCUT2D eigenvalue weighted by Gasteiger charge is -2.22. The van der Waals surface area contributed by atoms with Gasteiger partial charge in [0.15, 0.2) is 18.0 Å². The lowest BCUT2D eigenvalue weighted by Crippen LogP contribution is -2.44. The Labute approximate surface area is 190 Å². The van der Waals surface area contributed by atoms with Gasteiger partial charge >= 0.3 is 14.1 Å². The predicted octanol–water partition coefficient (Wildman–Crippen LogP) is 1.03. The number of imidazole rings is 1. The fourth-order valence-electron chi connectivity index (χ4n) is 3.34. The van der Waals surface area contributed by atoms with E-state index in [1.165, 1.54) is 23.4 Å². The minimum Gasteiger partial charge on any atom is -0.386 e. The van der Waals surface area contributed by atoms with E-state index in [0.29, 0.717) is 5.52 Å². The summed E-state index contributed by atoms with van der Waals surface area (Å²) in [6.07, 6.45) is -4.55. The second-order valence-electron chi connectivity index (χ2n) is 6.95. The number of ether oxygens (including phenoxy) is 1. The normalized spacial score (nSPS) is 24.2. The largest absolute Gasteiger partial charge is 0.470 e. The monoisotopic (exact) mass is 499 g/mol. The van der Waals surface area contributed by atoms with Gasteiger partial charge in [-0.15, -0.1) is 0 Å². The first kappa shape index (κ1) is 23.7. The smallest absolute Gasteiger partial charge is 0.386 e. The number of rotatable bonds is 9. The molecule has 1 aliphatic heterocycles. The first-order valence-electron chi connectivity index (χ1n) is 9.40. The Bertz CT molecular complexity index is 1160. The summed E-state index contributed by atoms with van der Waals surface area (Å²) in [6.45, 7) is 0. The minimum absolute atomic E-state index is 0.238. The highest BCUT2D eigenvalue weighted by atomic mass is 32.2. The van der Waals surface area contributed by atoms with Gasteiger partial charge in [0.05, 0.1) is 17.4 Å². The van der Waals surface area contributed by atoms with Crippen LogP contribution in [0.2, 0.25) is 0 Å². The molecule has 3 heterocycles. The van der Waals surface area contributed by atoms with Gasteiger partial charge in [-0.05, 0) is 5.56 Å². The summed E-state index contributed by atoms with van der Waals surface area (Å²) < 4.78 is 28.5. The Balaban J connectivity index is 1.59. The van der Waals surface area contributed by atoms with Gasteiger partial charge < -0.3 is 19.6 Å². The highest BCUT2D eigenvalue weighted by Gasteiger charge is 2.56. The molecule has 1 saturated heterocycles. The first-order chi connectivity index (χ1) is 15.7. The molecule has 1 fully saturated rings. The van der Waals surface area contributed by atoms with Crippen molar-refractivity contribution in [1.29, 1.82) is 0 Å². The van der Waals surface area contributed by atoms with Crippen LogP contribution in [-0.4, -0.2) is 63.9 Å². The number of phosphoric acid groups is 1. The molecule has 1 unspecified atom stereocenters. The van der Waals surface area contributed by atoms with Gasteiger partial charge in [0.2, 0.25) is 0 Å². The molecule has 0 bridgehead atoms. The quantitative estimate of drug-likeness (QED) is 0.124. The maximum Gasteiger partial charge on any atom is 0.470 e. The number of phosphoric ester groups is 1. The average Bonchev–Trinajstić information content (AvgIpc) is 3.32. The van der Waals surface area contributed by atoms with Gasteiger partial charge in [0.1, 0.15) is 24.1 Å². The number of aliphatic hydroxyl groups is 1. The molecule has 4 rings (SSSR count). The number of fused-ring (bicyclic) bond motifs is 1. The third kappa shape index (κ3) is 5.37. The number of benzene rings is 1. The van der Waals surface area contributed by atoms with E-state index < -0.39 is 43.5 Å². The topological polar surface area (TPSA) is 192 Å². The molecule has 0 amide bonds. The van der Waals surface area contributed by atoms with Gasteiger partial charge in [0, 0.05) is 17.8 Å². The van der Waals surface area contributed by atoms with Crippen molar-refractivity contribution in [3.05, 3.63) is 64.9 Å². The number of aromatic nitrogens is 4. The second kappa shape index (κ2) is 9.79. The van der Waals surface area contributed by atoms with Gasteiger partial charge in [0.25, 0.3) is 0 Å². The summed E-state index contributed by atoms with van der Waals surface area (Å²) >= 11 is 0.759. The van der Waals surface area contributed by atoms with E-state index >= 15 is 0 Å². The van der Waals surface area contributed by atoms with Crippen LogP contribution in [0.1, 0.15) is 11.8 Å². The summed E-state index contributed by atoms with van der Waals surface area (Å²) in [5.74, 6) is 0.261. The molecule has 14 nitrogen and oxygen atoms in total. The molecule has 176 valence electrons. The molecule has 33 heavy (non-hydrogen) atoms. The zero-order valence-electron chi connectivity index (χ0n) is 16.6. The molecule has 3 aromatic rings. The van der Waals surface area contributed by atoms with Crippen LogP contribution in [0.25, 0.3) is 11.2 Å². The SMILES string of the molecule is O=[N+]([O-])C(OSCc1ccccc1)[C@H]1O[C@@H](n2cnc3cncnc32)[C@H](O)[C@@H]1OP(=O)(O)O. The van der Waals surface area contributed by atoms with Crippen molar-refractivity contribution in [2.75, 3.05) is 0 Å². The average molecular weight is 499 g/mol. The number of hydrogen-bond donors (Lipinski definition) is 3. The third-order valence-corrected chi connectivity index (χ3v) is 6.05. The second-order valence-corrected chi connectivity index (χ2v) is 8.85. The van der Waals surface area contributed by atoms with Crippen molar-refractivity contribution in [2.45, 2.75) is 36.5 Å². The van der Waals surface area contributed by atoms with E-state index in [1.807, 2.05) is 6.07 Å². The molecular formula is C17H18N5O9PS. The van der Waals surface area contributed by atoms with E-state index in [1.54, 1.807) is 24.3 Å². The summed E-state index contributed by atoms with van der Waals surface area (Å²) in [5.41, 5.74) is 1.42. The predicted molar refractivity (Wildman–Crippen MR) is 112 cm³/mol. The van der Waals surface area contributed by atoms with Crippen LogP contribution in [0.15, 0.2) is 49.2 Å². The van der Waals surface area contributed by atoms with Crippen LogP contribution >= 0.6 is 19.9 Å². The van der Waals surface area contributed by atoms with Gasteiger partial charge in [-0.3, -0.25) is 19.2 Å². The zero-order valence-corrected chi connectivity index (χ0v) is 18.3. The highest BCUT2D eigenvalue weighted by molar-refractivity contribution is 7.93. The lowest BCUT2D eigenvalue weighted by atomic mass is 10.1. The van der Waals surface area contributed by atoms with E-state index in [9.17, 15) is 29.6 Å². The Morgan fingerprint density at radius 2 is 2.06 bits per heavy atom. The third-order valence-electron chi connectivity index (χ3n) is 4.74. The van der Waals surface area contributed by atoms with E-state index in [4.69, 9.17) is 13.4 Å². The van der Waals surface area contributed by atoms with Gasteiger partial charge in [-0.1, -0.05) is 30.3 Å². The molecule has 1 aliphatic rings. The fraction of sp³-hybridized carbons (Fsp3) is 0.353. The Kier molecular flexibility index (Phi) is 7.02. The van der Waals surface area contributed by atoms with Gasteiger partial charge in [-0.25, -0.2) is 23.7 Å². The molecule has 0 saturated carbocycles. The summed E-state index contributed by atoms with van der Waals surface area (Å²) in [5, 5.41) is 22.5. The first-order valence-corrected chi connectivity index (χ1v) is 11.8. The van der Waals surface area contributed by atoms with Gasteiger partial charge in [-0.2, -0.15) is 0 Å². The number of aliphatic hydroxyl groups excluding tert-OH is 1. The number of nitro groups is 1. The molecule has 2 aromatic heterocycles. The summed E-state index contributed by atoms with van der Waals surface area (Å²) in [7, 11) is -5.16. The van der Waals surface area contributed by atoms with E-state index in [2.05, 4.69) is 15.0 Å². The maximum atomic E-state index is 11.8. The highest BCUT2D eigenvalue weighted by Crippen LogP contribution is 2.45. The van der Waals surface area contributed by atoms with Crippen molar-refractivity contribution in [3.63, 3.8) is 0 Å². The minimum atomic E-state index is -5.16. The van der Waals surface area contributed by atoms with Crippen molar-refractivity contribution in [1.82, 2.24) is 19.5 Å². The van der Waals surface area contributed by atoms with Crippen LogP contribution in [0, 0.1) is 10.1 Å². The van der Waals surface area contributed by atoms with Crippen molar-refractivity contribution >= 4 is 31.0 Å². The van der Waals surface area contributed by atoms with E-state index in [-0.39, 0.29) is 11.4 Å². The van der Waals surface area contributed by atoms with Crippen LogP contribution in [0.3, 0.4) is 0 Å². The molecule has 5 atom stereocenters. The molecule has 16 heteroatoms. The summed E-state index contributed by atoms with van der Waals surface area (Å²) in [6, 6.07) is 9.01. The molecule has 3 N–H and O–H groups in total. The van der Waals surface area contributed by atoms with Crippen LogP contribution in [0.4, 0.5) is 0 Å². The molecule has 0 radical (unpaired) electrons. The van der Waals surface area contributed by atoms with Crippen LogP contribution in [-0.2, 0) is 23.8 Å². The van der Waals surface area contributed by atoms with Crippen LogP contribution in [0.5, 0.6) is 0 Å².